The van der Waals surface area contributed by atoms with E-state index in [-0.39, 0.29) is 30.6 Å². The van der Waals surface area contributed by atoms with Crippen molar-refractivity contribution in [1.29, 1.82) is 0 Å². The highest BCUT2D eigenvalue weighted by Crippen LogP contribution is 2.37. The van der Waals surface area contributed by atoms with Crippen LogP contribution in [0.5, 0.6) is 0 Å². The topological polar surface area (TPSA) is 98.8 Å². The predicted molar refractivity (Wildman–Crippen MR) is 97.3 cm³/mol. The number of benzene rings is 1. The molecule has 3 unspecified atom stereocenters. The average Bonchev–Trinajstić information content (AvgIpc) is 2.91. The number of piperidine rings is 1. The molecule has 3 atom stereocenters. The first-order valence-corrected chi connectivity index (χ1v) is 9.45. The number of hydrogen-bond donors (Lipinski definition) is 2. The third-order valence-electron chi connectivity index (χ3n) is 5.69. The Labute approximate surface area is 165 Å². The Hall–Kier alpha value is -2.88. The minimum absolute atomic E-state index is 0.0736. The van der Waals surface area contributed by atoms with E-state index in [4.69, 9.17) is 0 Å². The fraction of sp³-hybridized carbons (Fsp3) is 0.474. The number of nitrogens with one attached hydrogen (secondary N) is 2. The van der Waals surface area contributed by atoms with E-state index in [2.05, 4.69) is 10.6 Å². The summed E-state index contributed by atoms with van der Waals surface area (Å²) in [6, 6.07) is -0.668. The van der Waals surface area contributed by atoms with Crippen LogP contribution >= 0.6 is 0 Å². The number of amides is 4. The van der Waals surface area contributed by atoms with Crippen LogP contribution in [0.4, 0.5) is 14.5 Å². The van der Waals surface area contributed by atoms with Gasteiger partial charge in [0.1, 0.15) is 11.9 Å². The Morgan fingerprint density at radius 2 is 1.62 bits per heavy atom. The van der Waals surface area contributed by atoms with Crippen molar-refractivity contribution >= 4 is 29.3 Å². The summed E-state index contributed by atoms with van der Waals surface area (Å²) in [6.07, 6.45) is -0.159. The van der Waals surface area contributed by atoms with Crippen molar-refractivity contribution in [3.05, 3.63) is 28.8 Å². The van der Waals surface area contributed by atoms with Crippen molar-refractivity contribution in [2.24, 2.45) is 0 Å². The van der Waals surface area contributed by atoms with Crippen LogP contribution in [0, 0.1) is 11.6 Å². The fourth-order valence-electron chi connectivity index (χ4n) is 4.36. The summed E-state index contributed by atoms with van der Waals surface area (Å²) in [5.41, 5.74) is -1.42. The van der Waals surface area contributed by atoms with E-state index in [1.54, 1.807) is 4.90 Å². The first-order chi connectivity index (χ1) is 13.7. The number of nitrogens with zero attached hydrogens (tertiary/aromatic N) is 2. The molecule has 0 bridgehead atoms. The van der Waals surface area contributed by atoms with Crippen molar-refractivity contribution in [3.63, 3.8) is 0 Å². The van der Waals surface area contributed by atoms with E-state index in [1.165, 1.54) is 0 Å². The summed E-state index contributed by atoms with van der Waals surface area (Å²) in [5.74, 6) is -5.47. The summed E-state index contributed by atoms with van der Waals surface area (Å²) >= 11 is 0. The molecule has 29 heavy (non-hydrogen) atoms. The zero-order valence-corrected chi connectivity index (χ0v) is 15.9. The minimum Gasteiger partial charge on any atom is -0.361 e. The molecule has 0 radical (unpaired) electrons. The van der Waals surface area contributed by atoms with Crippen LogP contribution in [0.1, 0.15) is 47.4 Å². The summed E-state index contributed by atoms with van der Waals surface area (Å²) in [5, 5.41) is 5.24. The van der Waals surface area contributed by atoms with Gasteiger partial charge in [-0.1, -0.05) is 0 Å². The van der Waals surface area contributed by atoms with Gasteiger partial charge in [0.25, 0.3) is 11.8 Å². The molecule has 2 fully saturated rings. The van der Waals surface area contributed by atoms with Gasteiger partial charge in [-0.3, -0.25) is 29.4 Å². The number of rotatable bonds is 2. The summed E-state index contributed by atoms with van der Waals surface area (Å²) < 4.78 is 30.3. The average molecular weight is 406 g/mol. The normalized spacial score (nSPS) is 27.4. The maximum atomic E-state index is 15.4. The Kier molecular flexibility index (Phi) is 4.60. The number of piperazine rings is 1. The predicted octanol–water partition coefficient (Wildman–Crippen LogP) is 0.553. The second-order valence-corrected chi connectivity index (χ2v) is 7.65. The number of halogens is 2. The van der Waals surface area contributed by atoms with Gasteiger partial charge in [-0.15, -0.1) is 0 Å². The van der Waals surface area contributed by atoms with Gasteiger partial charge < -0.3 is 10.2 Å². The second-order valence-electron chi connectivity index (χ2n) is 7.65. The van der Waals surface area contributed by atoms with Crippen LogP contribution in [-0.4, -0.2) is 59.7 Å². The fourth-order valence-corrected chi connectivity index (χ4v) is 4.36. The SMILES string of the molecule is CC1CNCC(C)N1c1cc(F)c2c(c1F)C(=O)N(C1CCC(=O)NC1=O)C2=O. The van der Waals surface area contributed by atoms with Crippen molar-refractivity contribution in [2.75, 3.05) is 18.0 Å². The van der Waals surface area contributed by atoms with Gasteiger partial charge in [-0.05, 0) is 20.3 Å². The molecular weight excluding hydrogens is 386 g/mol. The molecule has 0 aromatic heterocycles. The van der Waals surface area contributed by atoms with E-state index >= 15 is 4.39 Å². The van der Waals surface area contributed by atoms with Crippen LogP contribution in [0.2, 0.25) is 0 Å². The van der Waals surface area contributed by atoms with Crippen molar-refractivity contribution in [2.45, 2.75) is 44.8 Å². The zero-order valence-electron chi connectivity index (χ0n) is 15.9. The van der Waals surface area contributed by atoms with Crippen LogP contribution in [0.15, 0.2) is 6.07 Å². The van der Waals surface area contributed by atoms with Gasteiger partial charge >= 0.3 is 0 Å². The van der Waals surface area contributed by atoms with Gasteiger partial charge in [0.15, 0.2) is 5.82 Å². The van der Waals surface area contributed by atoms with Crippen LogP contribution in [-0.2, 0) is 9.59 Å². The molecule has 3 aliphatic heterocycles. The Morgan fingerprint density at radius 1 is 1.00 bits per heavy atom. The molecule has 3 aliphatic rings. The molecule has 4 rings (SSSR count). The lowest BCUT2D eigenvalue weighted by molar-refractivity contribution is -0.136. The molecule has 8 nitrogen and oxygen atoms in total. The number of hydrogen-bond acceptors (Lipinski definition) is 6. The third kappa shape index (κ3) is 2.89. The third-order valence-corrected chi connectivity index (χ3v) is 5.69. The van der Waals surface area contributed by atoms with Crippen molar-refractivity contribution < 1.29 is 28.0 Å². The molecule has 2 N–H and O–H groups in total. The lowest BCUT2D eigenvalue weighted by Gasteiger charge is -2.41. The lowest BCUT2D eigenvalue weighted by Crippen LogP contribution is -2.55. The summed E-state index contributed by atoms with van der Waals surface area (Å²) in [6.45, 7) is 4.79. The Morgan fingerprint density at radius 3 is 2.24 bits per heavy atom. The molecule has 1 aromatic carbocycles. The molecule has 0 spiro atoms. The first-order valence-electron chi connectivity index (χ1n) is 9.45. The van der Waals surface area contributed by atoms with E-state index in [9.17, 15) is 23.6 Å². The lowest BCUT2D eigenvalue weighted by atomic mass is 10.0. The summed E-state index contributed by atoms with van der Waals surface area (Å²) in [4.78, 5) is 51.4. The van der Waals surface area contributed by atoms with Crippen LogP contribution in [0.3, 0.4) is 0 Å². The quantitative estimate of drug-likeness (QED) is 0.697. The standard InChI is InChI=1S/C19H20F2N4O4/c1-8-6-22-7-9(2)24(8)12-5-10(20)14-15(16(12)21)19(29)25(18(14)28)11-3-4-13(26)23-17(11)27/h5,8-9,11,22H,3-4,6-7H2,1-2H3,(H,23,26,27). The van der Waals surface area contributed by atoms with Crippen molar-refractivity contribution in [1.82, 2.24) is 15.5 Å². The van der Waals surface area contributed by atoms with Gasteiger partial charge in [0.2, 0.25) is 11.8 Å². The largest absolute Gasteiger partial charge is 0.361 e. The smallest absolute Gasteiger partial charge is 0.265 e. The molecular formula is C19H20F2N4O4. The zero-order chi connectivity index (χ0) is 21.0. The molecule has 4 amide bonds. The second kappa shape index (κ2) is 6.87. The molecule has 0 aliphatic carbocycles. The maximum Gasteiger partial charge on any atom is 0.265 e. The molecule has 154 valence electrons. The van der Waals surface area contributed by atoms with Gasteiger partial charge in [-0.2, -0.15) is 0 Å². The molecule has 1 aromatic rings. The number of fused-ring (bicyclic) bond motifs is 1. The highest BCUT2D eigenvalue weighted by molar-refractivity contribution is 6.24. The molecule has 3 heterocycles. The van der Waals surface area contributed by atoms with Gasteiger partial charge in [-0.25, -0.2) is 8.78 Å². The van der Waals surface area contributed by atoms with Crippen LogP contribution < -0.4 is 15.5 Å². The highest BCUT2D eigenvalue weighted by Gasteiger charge is 2.48. The number of anilines is 1. The van der Waals surface area contributed by atoms with Gasteiger partial charge in [0.05, 0.1) is 16.8 Å². The number of carbonyl (C=O) groups is 4. The highest BCUT2D eigenvalue weighted by atomic mass is 19.1. The maximum absolute atomic E-state index is 15.4. The van der Waals surface area contributed by atoms with E-state index in [1.807, 2.05) is 13.8 Å². The monoisotopic (exact) mass is 406 g/mol. The molecule has 2 saturated heterocycles. The van der Waals surface area contributed by atoms with Crippen molar-refractivity contribution in [3.8, 4) is 0 Å². The van der Waals surface area contributed by atoms with Gasteiger partial charge in [0, 0.05) is 37.7 Å². The molecule has 10 heteroatoms. The number of imide groups is 2. The minimum atomic E-state index is -1.28. The van der Waals surface area contributed by atoms with E-state index in [0.29, 0.717) is 18.0 Å². The molecule has 0 saturated carbocycles. The van der Waals surface area contributed by atoms with Crippen LogP contribution in [0.25, 0.3) is 0 Å². The van der Waals surface area contributed by atoms with E-state index in [0.717, 1.165) is 6.07 Å². The van der Waals surface area contributed by atoms with E-state index < -0.39 is 52.4 Å². The number of carbonyl (C=O) groups excluding carboxylic acids is 4. The Balaban J connectivity index is 1.78. The summed E-state index contributed by atoms with van der Waals surface area (Å²) in [7, 11) is 0. The Bertz CT molecular complexity index is 941. The first kappa shape index (κ1) is 19.4.